The summed E-state index contributed by atoms with van der Waals surface area (Å²) in [7, 11) is 0. The van der Waals surface area contributed by atoms with Crippen LogP contribution in [0.3, 0.4) is 0 Å². The van der Waals surface area contributed by atoms with E-state index in [0.717, 1.165) is 28.9 Å². The molecule has 1 heterocycles. The molecule has 1 aromatic heterocycles. The van der Waals surface area contributed by atoms with Gasteiger partial charge < -0.3 is 4.90 Å². The molecule has 0 N–H and O–H groups in total. The van der Waals surface area contributed by atoms with Crippen LogP contribution >= 0.6 is 27.5 Å². The normalized spacial score (nSPS) is 10.5. The van der Waals surface area contributed by atoms with E-state index in [1.165, 1.54) is 12.8 Å². The van der Waals surface area contributed by atoms with Gasteiger partial charge in [-0.1, -0.05) is 13.3 Å². The largest absolute Gasteiger partial charge is 0.357 e. The lowest BCUT2D eigenvalue weighted by Gasteiger charge is -2.23. The highest BCUT2D eigenvalue weighted by molar-refractivity contribution is 9.10. The molecule has 0 fully saturated rings. The topological polar surface area (TPSA) is 16.1 Å². The summed E-state index contributed by atoms with van der Waals surface area (Å²) < 4.78 is 0.985. The van der Waals surface area contributed by atoms with E-state index in [1.54, 1.807) is 0 Å². The van der Waals surface area contributed by atoms with Crippen molar-refractivity contribution in [3.63, 3.8) is 0 Å². The molecule has 0 radical (unpaired) electrons. The molecule has 0 aliphatic rings. The number of aromatic nitrogens is 1. The van der Waals surface area contributed by atoms with E-state index in [4.69, 9.17) is 11.6 Å². The molecular weight excluding hydrogens is 288 g/mol. The number of nitrogens with zero attached hydrogens (tertiary/aromatic N) is 2. The summed E-state index contributed by atoms with van der Waals surface area (Å²) in [4.78, 5) is 6.75. The van der Waals surface area contributed by atoms with Crippen molar-refractivity contribution in [3.8, 4) is 0 Å². The average Bonchev–Trinajstić information content (AvgIpc) is 2.31. The van der Waals surface area contributed by atoms with Crippen LogP contribution < -0.4 is 4.90 Å². The van der Waals surface area contributed by atoms with Crippen molar-refractivity contribution in [2.24, 2.45) is 0 Å². The Bertz CT molecular complexity index is 331. The van der Waals surface area contributed by atoms with Gasteiger partial charge in [-0.05, 0) is 35.3 Å². The molecule has 0 spiro atoms. The third-order valence-corrected chi connectivity index (χ3v) is 3.24. The highest BCUT2D eigenvalue weighted by Crippen LogP contribution is 2.23. The zero-order chi connectivity index (χ0) is 12.0. The van der Waals surface area contributed by atoms with Crippen LogP contribution in [0.4, 0.5) is 5.82 Å². The van der Waals surface area contributed by atoms with Crippen LogP contribution in [0.5, 0.6) is 0 Å². The van der Waals surface area contributed by atoms with E-state index in [-0.39, 0.29) is 0 Å². The molecule has 0 saturated heterocycles. The minimum atomic E-state index is 0.504. The Balaban J connectivity index is 2.90. The number of halogens is 2. The lowest BCUT2D eigenvalue weighted by atomic mass is 10.2. The second kappa shape index (κ2) is 7.13. The van der Waals surface area contributed by atoms with Crippen LogP contribution in [0, 0.1) is 0 Å². The lowest BCUT2D eigenvalue weighted by molar-refractivity contribution is 0.721. The van der Waals surface area contributed by atoms with Gasteiger partial charge in [0.25, 0.3) is 0 Å². The Kier molecular flexibility index (Phi) is 6.14. The summed E-state index contributed by atoms with van der Waals surface area (Å²) in [5, 5.41) is 0. The van der Waals surface area contributed by atoms with Gasteiger partial charge >= 0.3 is 0 Å². The van der Waals surface area contributed by atoms with Gasteiger partial charge in [0.2, 0.25) is 0 Å². The molecule has 0 unspecified atom stereocenters. The maximum absolute atomic E-state index is 5.95. The van der Waals surface area contributed by atoms with Crippen molar-refractivity contribution in [2.75, 3.05) is 18.0 Å². The molecule has 0 aliphatic carbocycles. The quantitative estimate of drug-likeness (QED) is 0.732. The first-order chi connectivity index (χ1) is 7.72. The molecule has 4 heteroatoms. The Hall–Kier alpha value is -0.280. The third kappa shape index (κ3) is 3.63. The van der Waals surface area contributed by atoms with Crippen molar-refractivity contribution >= 4 is 33.3 Å². The summed E-state index contributed by atoms with van der Waals surface area (Å²) in [6.45, 7) is 6.37. The predicted octanol–water partition coefficient (Wildman–Crippen LogP) is 4.21. The predicted molar refractivity (Wildman–Crippen MR) is 74.3 cm³/mol. The molecule has 0 aliphatic heterocycles. The van der Waals surface area contributed by atoms with Gasteiger partial charge in [0.15, 0.2) is 0 Å². The van der Waals surface area contributed by atoms with E-state index >= 15 is 0 Å². The van der Waals surface area contributed by atoms with E-state index in [9.17, 15) is 0 Å². The molecule has 0 aromatic carbocycles. The van der Waals surface area contributed by atoms with Crippen LogP contribution in [0.25, 0.3) is 0 Å². The summed E-state index contributed by atoms with van der Waals surface area (Å²) in [6.07, 6.45) is 4.22. The zero-order valence-electron chi connectivity index (χ0n) is 9.84. The van der Waals surface area contributed by atoms with E-state index in [0.29, 0.717) is 5.88 Å². The van der Waals surface area contributed by atoms with Gasteiger partial charge in [-0.2, -0.15) is 0 Å². The highest BCUT2D eigenvalue weighted by Gasteiger charge is 2.10. The fraction of sp³-hybridized carbons (Fsp3) is 0.583. The molecule has 1 aromatic rings. The van der Waals surface area contributed by atoms with Crippen LogP contribution in [0.1, 0.15) is 32.3 Å². The molecule has 16 heavy (non-hydrogen) atoms. The molecule has 0 bridgehead atoms. The first kappa shape index (κ1) is 13.8. The molecule has 90 valence electrons. The first-order valence-electron chi connectivity index (χ1n) is 5.68. The van der Waals surface area contributed by atoms with Crippen LogP contribution in [-0.4, -0.2) is 18.1 Å². The SMILES string of the molecule is CCCCN(CC)c1ncc(Br)cc1CCl. The van der Waals surface area contributed by atoms with Crippen molar-refractivity contribution in [3.05, 3.63) is 22.3 Å². The fourth-order valence-electron chi connectivity index (χ4n) is 1.62. The smallest absolute Gasteiger partial charge is 0.133 e. The zero-order valence-corrected chi connectivity index (χ0v) is 12.2. The van der Waals surface area contributed by atoms with Gasteiger partial charge in [0.1, 0.15) is 5.82 Å². The summed E-state index contributed by atoms with van der Waals surface area (Å²) in [5.74, 6) is 1.53. The molecule has 0 atom stereocenters. The average molecular weight is 306 g/mol. The van der Waals surface area contributed by atoms with Gasteiger partial charge in [0, 0.05) is 29.3 Å². The number of anilines is 1. The maximum atomic E-state index is 5.95. The molecule has 0 amide bonds. The van der Waals surface area contributed by atoms with Crippen molar-refractivity contribution in [1.82, 2.24) is 4.98 Å². The van der Waals surface area contributed by atoms with Crippen molar-refractivity contribution < 1.29 is 0 Å². The molecule has 0 saturated carbocycles. The van der Waals surface area contributed by atoms with Crippen molar-refractivity contribution in [1.29, 1.82) is 0 Å². The Morgan fingerprint density at radius 1 is 1.44 bits per heavy atom. The summed E-state index contributed by atoms with van der Waals surface area (Å²) >= 11 is 9.37. The second-order valence-electron chi connectivity index (χ2n) is 3.70. The maximum Gasteiger partial charge on any atom is 0.133 e. The number of unbranched alkanes of at least 4 members (excludes halogenated alkanes) is 1. The number of rotatable bonds is 6. The lowest BCUT2D eigenvalue weighted by Crippen LogP contribution is -2.25. The number of hydrogen-bond donors (Lipinski definition) is 0. The molecule has 2 nitrogen and oxygen atoms in total. The first-order valence-corrected chi connectivity index (χ1v) is 7.01. The van der Waals surface area contributed by atoms with Crippen LogP contribution in [0.15, 0.2) is 16.7 Å². The minimum absolute atomic E-state index is 0.504. The molecule has 1 rings (SSSR count). The minimum Gasteiger partial charge on any atom is -0.357 e. The van der Waals surface area contributed by atoms with Crippen LogP contribution in [0.2, 0.25) is 0 Å². The summed E-state index contributed by atoms with van der Waals surface area (Å²) in [5.41, 5.74) is 1.09. The van der Waals surface area contributed by atoms with Gasteiger partial charge in [-0.3, -0.25) is 0 Å². The van der Waals surface area contributed by atoms with Gasteiger partial charge in [-0.15, -0.1) is 11.6 Å². The van der Waals surface area contributed by atoms with Crippen LogP contribution in [-0.2, 0) is 5.88 Å². The number of pyridine rings is 1. The fourth-order valence-corrected chi connectivity index (χ4v) is 2.20. The Labute approximate surface area is 111 Å². The molecular formula is C12H18BrClN2. The van der Waals surface area contributed by atoms with E-state index < -0.39 is 0 Å². The van der Waals surface area contributed by atoms with Gasteiger partial charge in [-0.25, -0.2) is 4.98 Å². The Morgan fingerprint density at radius 3 is 2.75 bits per heavy atom. The number of hydrogen-bond acceptors (Lipinski definition) is 2. The standard InChI is InChI=1S/C12H18BrClN2/c1-3-5-6-16(4-2)12-10(8-14)7-11(13)9-15-12/h7,9H,3-6,8H2,1-2H3. The van der Waals surface area contributed by atoms with E-state index in [2.05, 4.69) is 39.7 Å². The Morgan fingerprint density at radius 2 is 2.19 bits per heavy atom. The monoisotopic (exact) mass is 304 g/mol. The highest BCUT2D eigenvalue weighted by atomic mass is 79.9. The summed E-state index contributed by atoms with van der Waals surface area (Å²) in [6, 6.07) is 2.05. The van der Waals surface area contributed by atoms with Crippen molar-refractivity contribution in [2.45, 2.75) is 32.6 Å². The van der Waals surface area contributed by atoms with Gasteiger partial charge in [0.05, 0.1) is 5.88 Å². The second-order valence-corrected chi connectivity index (χ2v) is 4.89. The number of alkyl halides is 1. The third-order valence-electron chi connectivity index (χ3n) is 2.52. The van der Waals surface area contributed by atoms with E-state index in [1.807, 2.05) is 12.3 Å².